The number of aromatic nitrogens is 2. The van der Waals surface area contributed by atoms with Crippen molar-refractivity contribution in [2.45, 2.75) is 37.8 Å². The number of imidazole rings is 1. The van der Waals surface area contributed by atoms with Crippen LogP contribution in [0.5, 0.6) is 0 Å². The van der Waals surface area contributed by atoms with Gasteiger partial charge in [-0.15, -0.1) is 0 Å². The number of rotatable bonds is 3. The lowest BCUT2D eigenvalue weighted by atomic mass is 9.96. The second-order valence-corrected chi connectivity index (χ2v) is 4.34. The highest BCUT2D eigenvalue weighted by Crippen LogP contribution is 2.15. The fraction of sp³-hybridized carbons (Fsp3) is 0.636. The Labute approximate surface area is 94.5 Å². The molecule has 0 bridgehead atoms. The average Bonchev–Trinajstić information content (AvgIpc) is 2.65. The minimum absolute atomic E-state index is 0.232. The summed E-state index contributed by atoms with van der Waals surface area (Å²) in [6.07, 6.45) is 7.20. The van der Waals surface area contributed by atoms with Crippen LogP contribution < -0.4 is 5.32 Å². The summed E-state index contributed by atoms with van der Waals surface area (Å²) in [5.41, 5.74) is 0. The number of aliphatic carboxylic acids is 1. The van der Waals surface area contributed by atoms with Crippen molar-refractivity contribution in [3.8, 4) is 0 Å². The first kappa shape index (κ1) is 11.1. The van der Waals surface area contributed by atoms with Gasteiger partial charge in [-0.3, -0.25) is 4.79 Å². The lowest BCUT2D eigenvalue weighted by Gasteiger charge is -2.28. The zero-order valence-corrected chi connectivity index (χ0v) is 9.39. The van der Waals surface area contributed by atoms with Crippen molar-refractivity contribution in [2.24, 2.45) is 7.05 Å². The molecule has 5 heteroatoms. The smallest absolute Gasteiger partial charge is 0.320 e. The van der Waals surface area contributed by atoms with Gasteiger partial charge in [-0.2, -0.15) is 0 Å². The molecule has 0 spiro atoms. The summed E-state index contributed by atoms with van der Waals surface area (Å²) in [6.45, 7) is 0. The van der Waals surface area contributed by atoms with Crippen molar-refractivity contribution in [2.75, 3.05) is 0 Å². The SMILES string of the molecule is Cn1ccnc1CC1CCCC(C(=O)O)N1. The van der Waals surface area contributed by atoms with E-state index in [0.717, 1.165) is 31.5 Å². The van der Waals surface area contributed by atoms with Crippen LogP contribution in [0.1, 0.15) is 25.1 Å². The number of nitrogens with zero attached hydrogens (tertiary/aromatic N) is 2. The predicted molar refractivity (Wildman–Crippen MR) is 59.1 cm³/mol. The molecule has 1 aromatic heterocycles. The molecule has 1 aliphatic rings. The third-order valence-corrected chi connectivity index (χ3v) is 3.13. The molecule has 88 valence electrons. The molecule has 2 heterocycles. The molecule has 0 amide bonds. The molecule has 5 nitrogen and oxygen atoms in total. The van der Waals surface area contributed by atoms with Crippen LogP contribution in [0.2, 0.25) is 0 Å². The number of carbonyl (C=O) groups is 1. The number of aryl methyl sites for hydroxylation is 1. The van der Waals surface area contributed by atoms with E-state index in [0.29, 0.717) is 0 Å². The summed E-state index contributed by atoms with van der Waals surface area (Å²) in [4.78, 5) is 15.1. The Hall–Kier alpha value is -1.36. The van der Waals surface area contributed by atoms with Gasteiger partial charge >= 0.3 is 5.97 Å². The third kappa shape index (κ3) is 2.41. The van der Waals surface area contributed by atoms with E-state index in [1.807, 2.05) is 17.8 Å². The van der Waals surface area contributed by atoms with E-state index >= 15 is 0 Å². The third-order valence-electron chi connectivity index (χ3n) is 3.13. The van der Waals surface area contributed by atoms with Gasteiger partial charge in [0.25, 0.3) is 0 Å². The Bertz CT molecular complexity index is 375. The van der Waals surface area contributed by atoms with Gasteiger partial charge in [0, 0.05) is 31.9 Å². The molecule has 0 saturated carbocycles. The maximum Gasteiger partial charge on any atom is 0.320 e. The topological polar surface area (TPSA) is 67.2 Å². The summed E-state index contributed by atoms with van der Waals surface area (Å²) in [7, 11) is 1.96. The fourth-order valence-electron chi connectivity index (χ4n) is 2.19. The lowest BCUT2D eigenvalue weighted by Crippen LogP contribution is -2.47. The van der Waals surface area contributed by atoms with Crippen molar-refractivity contribution in [3.63, 3.8) is 0 Å². The monoisotopic (exact) mass is 223 g/mol. The van der Waals surface area contributed by atoms with Crippen LogP contribution in [0.4, 0.5) is 0 Å². The Kier molecular flexibility index (Phi) is 3.24. The van der Waals surface area contributed by atoms with Gasteiger partial charge in [0.15, 0.2) is 0 Å². The highest BCUT2D eigenvalue weighted by Gasteiger charge is 2.26. The van der Waals surface area contributed by atoms with Crippen molar-refractivity contribution >= 4 is 5.97 Å². The molecule has 2 rings (SSSR count). The van der Waals surface area contributed by atoms with Crippen molar-refractivity contribution in [1.29, 1.82) is 0 Å². The van der Waals surface area contributed by atoms with Crippen molar-refractivity contribution in [3.05, 3.63) is 18.2 Å². The van der Waals surface area contributed by atoms with E-state index in [1.165, 1.54) is 0 Å². The van der Waals surface area contributed by atoms with Crippen molar-refractivity contribution < 1.29 is 9.90 Å². The molecule has 0 radical (unpaired) electrons. The van der Waals surface area contributed by atoms with Crippen LogP contribution in [0.15, 0.2) is 12.4 Å². The molecule has 1 fully saturated rings. The average molecular weight is 223 g/mol. The summed E-state index contributed by atoms with van der Waals surface area (Å²) < 4.78 is 1.98. The van der Waals surface area contributed by atoms with Crippen LogP contribution >= 0.6 is 0 Å². The number of hydrogen-bond acceptors (Lipinski definition) is 3. The van der Waals surface area contributed by atoms with Gasteiger partial charge in [0.1, 0.15) is 11.9 Å². The fourth-order valence-corrected chi connectivity index (χ4v) is 2.19. The molecule has 2 N–H and O–H groups in total. The Morgan fingerprint density at radius 3 is 3.12 bits per heavy atom. The lowest BCUT2D eigenvalue weighted by molar-refractivity contribution is -0.140. The second kappa shape index (κ2) is 4.65. The Balaban J connectivity index is 1.95. The predicted octanol–water partition coefficient (Wildman–Crippen LogP) is 0.558. The first-order valence-electron chi connectivity index (χ1n) is 5.62. The van der Waals surface area contributed by atoms with Gasteiger partial charge in [0.05, 0.1) is 0 Å². The van der Waals surface area contributed by atoms with Crippen LogP contribution in [-0.2, 0) is 18.3 Å². The molecule has 1 aliphatic heterocycles. The zero-order valence-electron chi connectivity index (χ0n) is 9.39. The quantitative estimate of drug-likeness (QED) is 0.785. The molecule has 2 atom stereocenters. The maximum atomic E-state index is 10.9. The second-order valence-electron chi connectivity index (χ2n) is 4.34. The normalized spacial score (nSPS) is 25.6. The molecule has 0 aromatic carbocycles. The van der Waals surface area contributed by atoms with Crippen molar-refractivity contribution in [1.82, 2.24) is 14.9 Å². The van der Waals surface area contributed by atoms with Crippen LogP contribution in [0.25, 0.3) is 0 Å². The first-order chi connectivity index (χ1) is 7.66. The Morgan fingerprint density at radius 1 is 1.69 bits per heavy atom. The maximum absolute atomic E-state index is 10.9. The number of carboxylic acid groups (broad SMARTS) is 1. The van der Waals surface area contributed by atoms with E-state index in [9.17, 15) is 4.79 Å². The number of nitrogens with one attached hydrogen (secondary N) is 1. The molecular weight excluding hydrogens is 206 g/mol. The van der Waals surface area contributed by atoms with Gasteiger partial charge in [-0.05, 0) is 19.3 Å². The minimum Gasteiger partial charge on any atom is -0.480 e. The summed E-state index contributed by atoms with van der Waals surface area (Å²) >= 11 is 0. The van der Waals surface area contributed by atoms with E-state index in [1.54, 1.807) is 6.20 Å². The first-order valence-corrected chi connectivity index (χ1v) is 5.62. The van der Waals surface area contributed by atoms with Crippen LogP contribution in [-0.4, -0.2) is 32.7 Å². The standard InChI is InChI=1S/C11H17N3O2/c1-14-6-5-12-10(14)7-8-3-2-4-9(13-8)11(15)16/h5-6,8-9,13H,2-4,7H2,1H3,(H,15,16). The van der Waals surface area contributed by atoms with Gasteiger partial charge in [-0.1, -0.05) is 0 Å². The van der Waals surface area contributed by atoms with E-state index in [-0.39, 0.29) is 12.1 Å². The van der Waals surface area contributed by atoms with E-state index in [4.69, 9.17) is 5.11 Å². The van der Waals surface area contributed by atoms with Gasteiger partial charge < -0.3 is 15.0 Å². The van der Waals surface area contributed by atoms with Gasteiger partial charge in [0.2, 0.25) is 0 Å². The summed E-state index contributed by atoms with van der Waals surface area (Å²) in [6, 6.07) is -0.157. The van der Waals surface area contributed by atoms with Gasteiger partial charge in [-0.25, -0.2) is 4.98 Å². The van der Waals surface area contributed by atoms with Crippen LogP contribution in [0.3, 0.4) is 0 Å². The molecule has 16 heavy (non-hydrogen) atoms. The number of carboxylic acids is 1. The molecule has 0 aliphatic carbocycles. The minimum atomic E-state index is -0.746. The Morgan fingerprint density at radius 2 is 2.50 bits per heavy atom. The molecular formula is C11H17N3O2. The molecule has 1 aromatic rings. The van der Waals surface area contributed by atoms with Crippen LogP contribution in [0, 0.1) is 0 Å². The zero-order chi connectivity index (χ0) is 11.5. The number of hydrogen-bond donors (Lipinski definition) is 2. The van der Waals surface area contributed by atoms with E-state index < -0.39 is 5.97 Å². The largest absolute Gasteiger partial charge is 0.480 e. The highest BCUT2D eigenvalue weighted by molar-refractivity contribution is 5.73. The molecule has 1 saturated heterocycles. The molecule has 2 unspecified atom stereocenters. The highest BCUT2D eigenvalue weighted by atomic mass is 16.4. The summed E-state index contributed by atoms with van der Waals surface area (Å²) in [5, 5.41) is 12.1. The number of piperidine rings is 1. The summed E-state index contributed by atoms with van der Waals surface area (Å²) in [5.74, 6) is 0.257. The van der Waals surface area contributed by atoms with E-state index in [2.05, 4.69) is 10.3 Å².